The molecule has 4 aliphatic rings. The van der Waals surface area contributed by atoms with Crippen LogP contribution in [-0.4, -0.2) is 193 Å². The van der Waals surface area contributed by atoms with Crippen molar-refractivity contribution >= 4 is 73.6 Å². The van der Waals surface area contributed by atoms with Gasteiger partial charge in [0.15, 0.2) is 0 Å². The number of benzene rings is 4. The molecule has 0 unspecified atom stereocenters. The van der Waals surface area contributed by atoms with Crippen LogP contribution in [0.4, 0.5) is 5.69 Å². The van der Waals surface area contributed by atoms with Gasteiger partial charge in [0.05, 0.1) is 95.5 Å². The summed E-state index contributed by atoms with van der Waals surface area (Å²) in [6.07, 6.45) is 0.943. The number of hydroxylamine groups is 2. The van der Waals surface area contributed by atoms with E-state index in [1.54, 1.807) is 0 Å². The molecule has 0 aliphatic carbocycles. The highest BCUT2D eigenvalue weighted by Crippen LogP contribution is 2.33. The normalized spacial score (nSPS) is 16.2. The molecule has 25 heteroatoms. The highest BCUT2D eigenvalue weighted by Gasteiger charge is 2.38. The molecule has 2 saturated heterocycles. The van der Waals surface area contributed by atoms with Crippen LogP contribution in [0.5, 0.6) is 0 Å². The van der Waals surface area contributed by atoms with Gasteiger partial charge >= 0.3 is 5.97 Å². The average Bonchev–Trinajstić information content (AvgIpc) is 1.23. The van der Waals surface area contributed by atoms with Gasteiger partial charge in [0.2, 0.25) is 5.36 Å². The van der Waals surface area contributed by atoms with Crippen LogP contribution in [0, 0.1) is 13.8 Å². The SMILES string of the molecule is Cc1cc(C(=O)NCCOCCOCCOCCOCCOCCOCCC(=O)ON2C(=O)CCC2=O)cc(C)c1C1=c2cc3c(cc2[Si](C)(C)c2cc(N4CCN(Cc5ccc(S(=O)(=O)O)cc5S(=O)(=O)O)CC4)ccc21)=[N+](C)CC3. The topological polar surface area (TPSA) is 266 Å². The Morgan fingerprint density at radius 1 is 0.671 bits per heavy atom. The molecule has 3 amide bonds. The quantitative estimate of drug-likeness (QED) is 0.0225. The summed E-state index contributed by atoms with van der Waals surface area (Å²) in [7, 11) is -9.66. The number of aryl methyl sites for hydroxylation is 2. The van der Waals surface area contributed by atoms with E-state index in [9.17, 15) is 45.1 Å². The van der Waals surface area contributed by atoms with Crippen LogP contribution in [0.3, 0.4) is 0 Å². The van der Waals surface area contributed by atoms with Crippen molar-refractivity contribution in [2.75, 3.05) is 130 Å². The summed E-state index contributed by atoms with van der Waals surface area (Å²) in [5.41, 5.74) is 8.64. The molecule has 3 N–H and O–H groups in total. The predicted molar refractivity (Wildman–Crippen MR) is 305 cm³/mol. The number of nitrogens with one attached hydrogen (secondary N) is 1. The van der Waals surface area contributed by atoms with E-state index in [1.807, 2.05) is 12.1 Å². The summed E-state index contributed by atoms with van der Waals surface area (Å²) < 4.78 is 103. The van der Waals surface area contributed by atoms with E-state index < -0.39 is 55.9 Å². The summed E-state index contributed by atoms with van der Waals surface area (Å²) in [5, 5.41) is 8.70. The number of likely N-dealkylation sites (N-methyl/N-ethyl adjacent to an activating group) is 1. The number of rotatable bonds is 29. The molecule has 4 aliphatic heterocycles. The first kappa shape index (κ1) is 62.2. The third-order valence-corrected chi connectivity index (χ3v) is 20.4. The average molecular weight is 1190 g/mol. The van der Waals surface area contributed by atoms with Gasteiger partial charge in [0.1, 0.15) is 21.7 Å². The van der Waals surface area contributed by atoms with Gasteiger partial charge in [0, 0.05) is 81.4 Å². The molecule has 2 fully saturated rings. The van der Waals surface area contributed by atoms with Crippen molar-refractivity contribution in [2.45, 2.75) is 69.0 Å². The van der Waals surface area contributed by atoms with E-state index in [0.717, 1.165) is 53.0 Å². The lowest BCUT2D eigenvalue weighted by molar-refractivity contribution is -0.198. The zero-order chi connectivity index (χ0) is 58.8. The second-order valence-corrected chi connectivity index (χ2v) is 28.3. The summed E-state index contributed by atoms with van der Waals surface area (Å²) >= 11 is 0. The third-order valence-electron chi connectivity index (χ3n) is 15.1. The predicted octanol–water partition coefficient (Wildman–Crippen LogP) is 1.01. The minimum absolute atomic E-state index is 0.0397. The number of piperazine rings is 1. The summed E-state index contributed by atoms with van der Waals surface area (Å²) in [5.74, 6) is -1.96. The van der Waals surface area contributed by atoms with Crippen molar-refractivity contribution < 1.29 is 78.4 Å². The molecular formula is C57H74N5O17S2Si+. The Morgan fingerprint density at radius 3 is 1.82 bits per heavy atom. The van der Waals surface area contributed by atoms with E-state index in [-0.39, 0.29) is 50.5 Å². The van der Waals surface area contributed by atoms with Crippen molar-refractivity contribution in [1.29, 1.82) is 0 Å². The van der Waals surface area contributed by atoms with Gasteiger partial charge in [-0.25, -0.2) is 9.37 Å². The number of ether oxygens (including phenoxy) is 6. The Balaban J connectivity index is 0.776. The Kier molecular flexibility index (Phi) is 21.0. The van der Waals surface area contributed by atoms with Gasteiger partial charge in [0.25, 0.3) is 38.0 Å². The molecule has 4 aromatic carbocycles. The zero-order valence-corrected chi connectivity index (χ0v) is 49.8. The standard InChI is InChI=1S/C57H73N5O17S2Si/c1-39-32-43(57(66)58-14-21-74-23-25-76-27-29-78-31-30-77-28-26-75-24-22-73-20-13-54(65)79-62-52(63)10-11-53(62)64)33-40(2)55(39)56-46-9-7-44(35-50(46)82(4,5)51-37-48-41(34-47(51)56)12-15-59(48)3)61-18-16-60(17-19-61)38-42-6-8-45(80(67,68)69)36-49(42)81(70,71)72/h6-9,32-37H,10-31,38H2,1-5H3,(H2-,58,66,67,68,69,70,71,72)/p+1. The van der Waals surface area contributed by atoms with Gasteiger partial charge in [-0.05, 0) is 105 Å². The smallest absolute Gasteiger partial charge is 0.335 e. The summed E-state index contributed by atoms with van der Waals surface area (Å²) in [6.45, 7) is 16.8. The first-order chi connectivity index (χ1) is 39.1. The first-order valence-corrected chi connectivity index (χ1v) is 33.4. The van der Waals surface area contributed by atoms with Crippen molar-refractivity contribution in [2.24, 2.45) is 0 Å². The lowest BCUT2D eigenvalue weighted by Gasteiger charge is -2.38. The van der Waals surface area contributed by atoms with Gasteiger partial charge in [-0.15, -0.1) is 5.06 Å². The minimum Gasteiger partial charge on any atom is -0.378 e. The maximum atomic E-state index is 13.6. The van der Waals surface area contributed by atoms with Crippen molar-refractivity contribution in [3.05, 3.63) is 110 Å². The first-order valence-electron chi connectivity index (χ1n) is 27.5. The second-order valence-electron chi connectivity index (χ2n) is 21.1. The van der Waals surface area contributed by atoms with Gasteiger partial charge in [-0.2, -0.15) is 16.8 Å². The van der Waals surface area contributed by atoms with E-state index in [0.29, 0.717) is 109 Å². The molecule has 0 saturated carbocycles. The van der Waals surface area contributed by atoms with Crippen LogP contribution < -0.4 is 35.7 Å². The minimum atomic E-state index is -4.78. The highest BCUT2D eigenvalue weighted by atomic mass is 32.2. The molecular weight excluding hydrogens is 1120 g/mol. The molecule has 0 aromatic heterocycles. The van der Waals surface area contributed by atoms with E-state index in [4.69, 9.17) is 33.3 Å². The molecule has 22 nitrogen and oxygen atoms in total. The Bertz CT molecular complexity index is 3370. The van der Waals surface area contributed by atoms with Crippen molar-refractivity contribution in [3.63, 3.8) is 0 Å². The van der Waals surface area contributed by atoms with Crippen LogP contribution >= 0.6 is 0 Å². The zero-order valence-electron chi connectivity index (χ0n) is 47.2. The maximum Gasteiger partial charge on any atom is 0.335 e. The second kappa shape index (κ2) is 27.7. The number of imide groups is 1. The number of carbonyl (C=O) groups excluding carboxylic acids is 4. The number of amides is 3. The number of hydrogen-bond donors (Lipinski definition) is 3. The Labute approximate surface area is 479 Å². The lowest BCUT2D eigenvalue weighted by atomic mass is 9.87. The number of nitrogens with zero attached hydrogens (tertiary/aromatic N) is 4. The van der Waals surface area contributed by atoms with E-state index >= 15 is 0 Å². The molecule has 82 heavy (non-hydrogen) atoms. The van der Waals surface area contributed by atoms with Gasteiger partial charge in [-0.1, -0.05) is 25.2 Å². The third kappa shape index (κ3) is 15.5. The molecule has 8 rings (SSSR count). The number of anilines is 1. The molecule has 0 spiro atoms. The molecule has 444 valence electrons. The Hall–Kier alpha value is -5.81. The van der Waals surface area contributed by atoms with E-state index in [1.165, 1.54) is 38.1 Å². The Morgan fingerprint density at radius 2 is 1.24 bits per heavy atom. The monoisotopic (exact) mass is 1190 g/mol. The highest BCUT2D eigenvalue weighted by molar-refractivity contribution is 7.86. The van der Waals surface area contributed by atoms with Crippen LogP contribution in [0.15, 0.2) is 70.5 Å². The lowest BCUT2D eigenvalue weighted by Crippen LogP contribution is -2.64. The fourth-order valence-corrected chi connectivity index (χ4v) is 15.2. The largest absolute Gasteiger partial charge is 0.378 e. The van der Waals surface area contributed by atoms with Crippen LogP contribution in [0.25, 0.3) is 5.57 Å². The van der Waals surface area contributed by atoms with Crippen molar-refractivity contribution in [1.82, 2.24) is 19.9 Å². The number of carbonyl (C=O) groups is 4. The van der Waals surface area contributed by atoms with Crippen LogP contribution in [-0.2, 0) is 80.8 Å². The van der Waals surface area contributed by atoms with Crippen LogP contribution in [0.1, 0.15) is 63.0 Å². The molecule has 0 radical (unpaired) electrons. The number of fused-ring (bicyclic) bond motifs is 3. The fourth-order valence-electron chi connectivity index (χ4n) is 10.8. The van der Waals surface area contributed by atoms with Crippen molar-refractivity contribution in [3.8, 4) is 0 Å². The van der Waals surface area contributed by atoms with E-state index in [2.05, 4.69) is 84.0 Å². The fraction of sp³-hybridized carbons (Fsp3) is 0.491. The molecule has 0 atom stereocenters. The number of hydrogen-bond acceptors (Lipinski definition) is 17. The molecule has 0 bridgehead atoms. The molecule has 4 heterocycles. The van der Waals surface area contributed by atoms with Gasteiger partial charge in [-0.3, -0.25) is 28.4 Å². The molecule has 4 aromatic rings. The van der Waals surface area contributed by atoms with Gasteiger partial charge < -0.3 is 43.5 Å². The van der Waals surface area contributed by atoms with Crippen LogP contribution in [0.2, 0.25) is 13.1 Å². The summed E-state index contributed by atoms with van der Waals surface area (Å²) in [4.78, 5) is 56.4. The summed E-state index contributed by atoms with van der Waals surface area (Å²) in [6, 6.07) is 18.8. The maximum absolute atomic E-state index is 13.6.